The van der Waals surface area contributed by atoms with Crippen LogP contribution in [0, 0.1) is 19.7 Å². The minimum absolute atomic E-state index is 0.158. The zero-order valence-corrected chi connectivity index (χ0v) is 12.5. The first-order valence-corrected chi connectivity index (χ1v) is 7.49. The van der Waals surface area contributed by atoms with Gasteiger partial charge in [-0.1, -0.05) is 19.1 Å². The second kappa shape index (κ2) is 6.31. The van der Waals surface area contributed by atoms with E-state index >= 15 is 0 Å². The van der Waals surface area contributed by atoms with Gasteiger partial charge in [-0.2, -0.15) is 0 Å². The summed E-state index contributed by atoms with van der Waals surface area (Å²) in [5.74, 6) is -0.184. The van der Waals surface area contributed by atoms with Crippen molar-refractivity contribution in [2.24, 2.45) is 0 Å². The van der Waals surface area contributed by atoms with Crippen molar-refractivity contribution in [1.29, 1.82) is 0 Å². The number of benzene rings is 1. The van der Waals surface area contributed by atoms with Crippen LogP contribution in [0.15, 0.2) is 30.3 Å². The second-order valence-corrected chi connectivity index (χ2v) is 6.27. The molecule has 1 N–H and O–H groups in total. The number of rotatable bonds is 5. The van der Waals surface area contributed by atoms with Gasteiger partial charge in [0.15, 0.2) is 0 Å². The molecule has 0 spiro atoms. The first-order valence-electron chi connectivity index (χ1n) is 6.67. The Morgan fingerprint density at radius 2 is 1.89 bits per heavy atom. The number of halogens is 1. The van der Waals surface area contributed by atoms with Gasteiger partial charge >= 0.3 is 0 Å². The predicted octanol–water partition coefficient (Wildman–Crippen LogP) is 4.59. The Bertz CT molecular complexity index is 530. The summed E-state index contributed by atoms with van der Waals surface area (Å²) in [5, 5.41) is 3.56. The largest absolute Gasteiger partial charge is 0.306 e. The first kappa shape index (κ1) is 14.2. The highest BCUT2D eigenvalue weighted by Crippen LogP contribution is 2.30. The topological polar surface area (TPSA) is 12.0 Å². The fraction of sp³-hybridized carbons (Fsp3) is 0.375. The fourth-order valence-corrected chi connectivity index (χ4v) is 3.25. The van der Waals surface area contributed by atoms with E-state index in [1.54, 1.807) is 0 Å². The van der Waals surface area contributed by atoms with Gasteiger partial charge in [-0.15, -0.1) is 11.3 Å². The molecule has 0 bridgehead atoms. The number of aryl methyl sites for hydroxylation is 2. The lowest BCUT2D eigenvalue weighted by molar-refractivity contribution is 0.592. The Balaban J connectivity index is 2.35. The second-order valence-electron chi connectivity index (χ2n) is 4.81. The van der Waals surface area contributed by atoms with Crippen LogP contribution in [0.5, 0.6) is 0 Å². The third-order valence-corrected chi connectivity index (χ3v) is 4.17. The molecule has 0 saturated carbocycles. The highest BCUT2D eigenvalue weighted by Gasteiger charge is 2.17. The van der Waals surface area contributed by atoms with Gasteiger partial charge in [0, 0.05) is 9.75 Å². The molecule has 0 aliphatic heterocycles. The van der Waals surface area contributed by atoms with Crippen molar-refractivity contribution in [2.75, 3.05) is 6.54 Å². The van der Waals surface area contributed by atoms with E-state index < -0.39 is 0 Å². The molecule has 0 aliphatic rings. The lowest BCUT2D eigenvalue weighted by Gasteiger charge is -2.19. The van der Waals surface area contributed by atoms with E-state index in [0.29, 0.717) is 0 Å². The number of nitrogens with one attached hydrogen (secondary N) is 1. The lowest BCUT2D eigenvalue weighted by atomic mass is 9.99. The van der Waals surface area contributed by atoms with Gasteiger partial charge in [-0.05, 0) is 56.1 Å². The van der Waals surface area contributed by atoms with E-state index in [9.17, 15) is 4.39 Å². The maximum Gasteiger partial charge on any atom is 0.123 e. The van der Waals surface area contributed by atoms with Crippen LogP contribution in [0.1, 0.15) is 40.3 Å². The standard InChI is InChI=1S/C16H20FNS/c1-4-9-18-16(13-5-7-14(17)8-6-13)15-10-11(2)19-12(15)3/h5-8,10,16,18H,4,9H2,1-3H3. The van der Waals surface area contributed by atoms with Gasteiger partial charge < -0.3 is 5.32 Å². The molecular formula is C16H20FNS. The van der Waals surface area contributed by atoms with Crippen molar-refractivity contribution in [2.45, 2.75) is 33.2 Å². The smallest absolute Gasteiger partial charge is 0.123 e. The monoisotopic (exact) mass is 277 g/mol. The van der Waals surface area contributed by atoms with Crippen LogP contribution < -0.4 is 5.32 Å². The molecular weight excluding hydrogens is 257 g/mol. The molecule has 0 radical (unpaired) electrons. The van der Waals surface area contributed by atoms with Gasteiger partial charge in [0.25, 0.3) is 0 Å². The zero-order chi connectivity index (χ0) is 13.8. The summed E-state index contributed by atoms with van der Waals surface area (Å²) in [6.45, 7) is 7.39. The third kappa shape index (κ3) is 3.43. The van der Waals surface area contributed by atoms with Crippen molar-refractivity contribution in [3.63, 3.8) is 0 Å². The minimum Gasteiger partial charge on any atom is -0.306 e. The highest BCUT2D eigenvalue weighted by molar-refractivity contribution is 7.12. The molecule has 102 valence electrons. The molecule has 1 aromatic carbocycles. The van der Waals surface area contributed by atoms with Gasteiger partial charge in [-0.3, -0.25) is 0 Å². The molecule has 0 saturated heterocycles. The predicted molar refractivity (Wildman–Crippen MR) is 80.3 cm³/mol. The van der Waals surface area contributed by atoms with E-state index in [4.69, 9.17) is 0 Å². The van der Waals surface area contributed by atoms with Gasteiger partial charge in [0.2, 0.25) is 0 Å². The summed E-state index contributed by atoms with van der Waals surface area (Å²) >= 11 is 1.81. The Labute approximate surface area is 118 Å². The zero-order valence-electron chi connectivity index (χ0n) is 11.7. The van der Waals surface area contributed by atoms with E-state index in [0.717, 1.165) is 18.5 Å². The summed E-state index contributed by atoms with van der Waals surface area (Å²) in [4.78, 5) is 2.65. The van der Waals surface area contributed by atoms with Crippen molar-refractivity contribution in [3.8, 4) is 0 Å². The van der Waals surface area contributed by atoms with E-state index in [1.165, 1.54) is 27.5 Å². The summed E-state index contributed by atoms with van der Waals surface area (Å²) < 4.78 is 13.1. The molecule has 1 heterocycles. The lowest BCUT2D eigenvalue weighted by Crippen LogP contribution is -2.23. The Hall–Kier alpha value is -1.19. The average molecular weight is 277 g/mol. The molecule has 1 unspecified atom stereocenters. The normalized spacial score (nSPS) is 12.6. The number of thiophene rings is 1. The van der Waals surface area contributed by atoms with Gasteiger partial charge in [0.1, 0.15) is 5.82 Å². The minimum atomic E-state index is -0.184. The highest BCUT2D eigenvalue weighted by atomic mass is 32.1. The van der Waals surface area contributed by atoms with Crippen molar-refractivity contribution >= 4 is 11.3 Å². The van der Waals surface area contributed by atoms with Crippen LogP contribution in [0.3, 0.4) is 0 Å². The van der Waals surface area contributed by atoms with Crippen LogP contribution in [0.4, 0.5) is 4.39 Å². The maximum absolute atomic E-state index is 13.1. The van der Waals surface area contributed by atoms with E-state index in [-0.39, 0.29) is 11.9 Å². The molecule has 0 fully saturated rings. The number of hydrogen-bond donors (Lipinski definition) is 1. The summed E-state index contributed by atoms with van der Waals surface area (Å²) in [6, 6.07) is 9.20. The van der Waals surface area contributed by atoms with Crippen LogP contribution in [-0.4, -0.2) is 6.54 Å². The van der Waals surface area contributed by atoms with Gasteiger partial charge in [-0.25, -0.2) is 4.39 Å². The van der Waals surface area contributed by atoms with Crippen molar-refractivity contribution < 1.29 is 4.39 Å². The van der Waals surface area contributed by atoms with Crippen molar-refractivity contribution in [1.82, 2.24) is 5.32 Å². The van der Waals surface area contributed by atoms with Gasteiger partial charge in [0.05, 0.1) is 6.04 Å². The molecule has 1 aromatic heterocycles. The molecule has 19 heavy (non-hydrogen) atoms. The molecule has 1 atom stereocenters. The maximum atomic E-state index is 13.1. The van der Waals surface area contributed by atoms with E-state index in [1.807, 2.05) is 23.5 Å². The molecule has 3 heteroatoms. The molecule has 0 amide bonds. The third-order valence-electron chi connectivity index (χ3n) is 3.19. The van der Waals surface area contributed by atoms with Crippen LogP contribution in [0.25, 0.3) is 0 Å². The Morgan fingerprint density at radius 3 is 2.42 bits per heavy atom. The Morgan fingerprint density at radius 1 is 1.21 bits per heavy atom. The molecule has 2 rings (SSSR count). The van der Waals surface area contributed by atoms with Crippen LogP contribution >= 0.6 is 11.3 Å². The van der Waals surface area contributed by atoms with E-state index in [2.05, 4.69) is 32.2 Å². The first-order chi connectivity index (χ1) is 9.11. The van der Waals surface area contributed by atoms with Crippen molar-refractivity contribution in [3.05, 3.63) is 57.0 Å². The SMILES string of the molecule is CCCNC(c1ccc(F)cc1)c1cc(C)sc1C. The van der Waals surface area contributed by atoms with Crippen LogP contribution in [0.2, 0.25) is 0 Å². The average Bonchev–Trinajstić information content (AvgIpc) is 2.71. The number of hydrogen-bond acceptors (Lipinski definition) is 2. The summed E-state index contributed by atoms with van der Waals surface area (Å²) in [5.41, 5.74) is 2.43. The quantitative estimate of drug-likeness (QED) is 0.842. The fourth-order valence-electron chi connectivity index (χ4n) is 2.29. The van der Waals surface area contributed by atoms with Crippen LogP contribution in [-0.2, 0) is 0 Å². The Kier molecular flexibility index (Phi) is 4.72. The molecule has 2 aromatic rings. The summed E-state index contributed by atoms with van der Waals surface area (Å²) in [7, 11) is 0. The summed E-state index contributed by atoms with van der Waals surface area (Å²) in [6.07, 6.45) is 1.08. The molecule has 0 aliphatic carbocycles. The molecule has 1 nitrogen and oxygen atoms in total.